The molecule has 4 heteroatoms. The van der Waals surface area contributed by atoms with Crippen molar-refractivity contribution < 1.29 is 15.0 Å². The van der Waals surface area contributed by atoms with Gasteiger partial charge in [-0.2, -0.15) is 0 Å². The van der Waals surface area contributed by atoms with E-state index in [0.29, 0.717) is 12.8 Å². The third-order valence-corrected chi connectivity index (χ3v) is 2.47. The number of hydrogen-bond donors (Lipinski definition) is 3. The van der Waals surface area contributed by atoms with Crippen molar-refractivity contribution in [1.82, 2.24) is 5.32 Å². The third-order valence-electron chi connectivity index (χ3n) is 2.47. The van der Waals surface area contributed by atoms with Crippen LogP contribution in [0.5, 0.6) is 0 Å². The van der Waals surface area contributed by atoms with Crippen molar-refractivity contribution in [2.24, 2.45) is 0 Å². The summed E-state index contributed by atoms with van der Waals surface area (Å²) in [5.41, 5.74) is -0.328. The molecule has 1 aliphatic carbocycles. The molecule has 0 radical (unpaired) electrons. The Kier molecular flexibility index (Phi) is 2.57. The average molecular weight is 173 g/mol. The Morgan fingerprint density at radius 1 is 1.50 bits per heavy atom. The van der Waals surface area contributed by atoms with Crippen LogP contribution in [0.3, 0.4) is 0 Å². The van der Waals surface area contributed by atoms with Crippen LogP contribution >= 0.6 is 0 Å². The van der Waals surface area contributed by atoms with Crippen molar-refractivity contribution in [2.75, 3.05) is 0 Å². The number of nitrogens with one attached hydrogen (secondary N) is 1. The highest BCUT2D eigenvalue weighted by Crippen LogP contribution is 2.27. The predicted octanol–water partition coefficient (Wildman–Crippen LogP) is 0.948. The monoisotopic (exact) mass is 173 g/mol. The second kappa shape index (κ2) is 3.31. The molecule has 70 valence electrons. The van der Waals surface area contributed by atoms with Gasteiger partial charge in [-0.3, -0.25) is 0 Å². The first-order chi connectivity index (χ1) is 5.52. The fraction of sp³-hybridized carbons (Fsp3) is 0.875. The number of hydrogen-bond acceptors (Lipinski definition) is 2. The van der Waals surface area contributed by atoms with E-state index >= 15 is 0 Å². The Labute approximate surface area is 71.6 Å². The fourth-order valence-electron chi connectivity index (χ4n) is 1.62. The fourth-order valence-corrected chi connectivity index (χ4v) is 1.62. The molecule has 1 rings (SSSR count). The molecule has 1 amide bonds. The zero-order valence-electron chi connectivity index (χ0n) is 7.21. The van der Waals surface area contributed by atoms with Gasteiger partial charge in [-0.15, -0.1) is 0 Å². The van der Waals surface area contributed by atoms with Crippen molar-refractivity contribution >= 4 is 6.09 Å². The molecule has 0 saturated heterocycles. The first-order valence-electron chi connectivity index (χ1n) is 4.21. The summed E-state index contributed by atoms with van der Waals surface area (Å²) in [5.74, 6) is 0. The molecule has 0 aromatic rings. The molecule has 0 spiro atoms. The van der Waals surface area contributed by atoms with Gasteiger partial charge >= 0.3 is 6.09 Å². The number of aliphatic hydroxyl groups excluding tert-OH is 1. The van der Waals surface area contributed by atoms with Crippen LogP contribution < -0.4 is 5.32 Å². The Morgan fingerprint density at radius 2 is 2.00 bits per heavy atom. The SMILES string of the molecule is C[C@]1(NC(=O)O)CC[C@H](O)CC1. The van der Waals surface area contributed by atoms with E-state index < -0.39 is 6.09 Å². The number of rotatable bonds is 1. The molecular formula is C8H15NO3. The Hall–Kier alpha value is -0.770. The van der Waals surface area contributed by atoms with E-state index in [1.54, 1.807) is 0 Å². The summed E-state index contributed by atoms with van der Waals surface area (Å²) in [5, 5.41) is 20.2. The van der Waals surface area contributed by atoms with Gasteiger partial charge < -0.3 is 15.5 Å². The van der Waals surface area contributed by atoms with Crippen LogP contribution in [0.15, 0.2) is 0 Å². The number of carbonyl (C=O) groups is 1. The minimum Gasteiger partial charge on any atom is -0.465 e. The smallest absolute Gasteiger partial charge is 0.405 e. The zero-order valence-corrected chi connectivity index (χ0v) is 7.21. The quantitative estimate of drug-likeness (QED) is 0.553. The van der Waals surface area contributed by atoms with E-state index in [4.69, 9.17) is 5.11 Å². The minimum atomic E-state index is -0.978. The molecule has 0 bridgehead atoms. The molecule has 0 aromatic carbocycles. The molecule has 0 aromatic heterocycles. The van der Waals surface area contributed by atoms with E-state index in [1.165, 1.54) is 0 Å². The zero-order chi connectivity index (χ0) is 9.19. The number of carboxylic acid groups (broad SMARTS) is 1. The number of amides is 1. The van der Waals surface area contributed by atoms with Gasteiger partial charge in [0, 0.05) is 5.54 Å². The molecule has 3 N–H and O–H groups in total. The molecule has 0 unspecified atom stereocenters. The van der Waals surface area contributed by atoms with E-state index in [1.807, 2.05) is 6.92 Å². The Morgan fingerprint density at radius 3 is 2.42 bits per heavy atom. The molecule has 1 saturated carbocycles. The Bertz CT molecular complexity index is 173. The lowest BCUT2D eigenvalue weighted by atomic mass is 9.82. The molecular weight excluding hydrogens is 158 g/mol. The first-order valence-corrected chi connectivity index (χ1v) is 4.21. The van der Waals surface area contributed by atoms with E-state index in [-0.39, 0.29) is 11.6 Å². The summed E-state index contributed by atoms with van der Waals surface area (Å²) >= 11 is 0. The van der Waals surface area contributed by atoms with Crippen LogP contribution in [0.2, 0.25) is 0 Å². The summed E-state index contributed by atoms with van der Waals surface area (Å²) in [6.07, 6.45) is 1.61. The normalized spacial score (nSPS) is 36.0. The van der Waals surface area contributed by atoms with Crippen molar-refractivity contribution in [1.29, 1.82) is 0 Å². The van der Waals surface area contributed by atoms with E-state index in [0.717, 1.165) is 12.8 Å². The summed E-state index contributed by atoms with van der Waals surface area (Å²) in [6.45, 7) is 1.88. The van der Waals surface area contributed by atoms with Crippen LogP contribution in [-0.2, 0) is 0 Å². The summed E-state index contributed by atoms with van der Waals surface area (Å²) < 4.78 is 0. The van der Waals surface area contributed by atoms with Gasteiger partial charge in [-0.1, -0.05) is 0 Å². The largest absolute Gasteiger partial charge is 0.465 e. The van der Waals surface area contributed by atoms with Crippen molar-refractivity contribution in [2.45, 2.75) is 44.2 Å². The minimum absolute atomic E-state index is 0.242. The van der Waals surface area contributed by atoms with E-state index in [9.17, 15) is 9.90 Å². The molecule has 0 atom stereocenters. The van der Waals surface area contributed by atoms with Gasteiger partial charge in [-0.25, -0.2) is 4.79 Å². The maximum Gasteiger partial charge on any atom is 0.405 e. The van der Waals surface area contributed by atoms with Gasteiger partial charge in [0.2, 0.25) is 0 Å². The van der Waals surface area contributed by atoms with Crippen molar-refractivity contribution in [3.05, 3.63) is 0 Å². The van der Waals surface area contributed by atoms with Crippen molar-refractivity contribution in [3.63, 3.8) is 0 Å². The molecule has 1 aliphatic rings. The van der Waals surface area contributed by atoms with Gasteiger partial charge in [0.25, 0.3) is 0 Å². The van der Waals surface area contributed by atoms with Crippen LogP contribution in [0.25, 0.3) is 0 Å². The van der Waals surface area contributed by atoms with Gasteiger partial charge in [0.1, 0.15) is 0 Å². The molecule has 1 fully saturated rings. The highest BCUT2D eigenvalue weighted by molar-refractivity contribution is 5.65. The van der Waals surface area contributed by atoms with Crippen LogP contribution in [0, 0.1) is 0 Å². The maximum atomic E-state index is 10.4. The lowest BCUT2D eigenvalue weighted by Crippen LogP contribution is -2.48. The summed E-state index contributed by atoms with van der Waals surface area (Å²) in [4.78, 5) is 10.4. The second-order valence-corrected chi connectivity index (χ2v) is 3.72. The standard InChI is InChI=1S/C8H15NO3/c1-8(9-7(11)12)4-2-6(10)3-5-8/h6,9-10H,2-5H2,1H3,(H,11,12)/t6-,8-. The van der Waals surface area contributed by atoms with Gasteiger partial charge in [0.05, 0.1) is 6.10 Å². The highest BCUT2D eigenvalue weighted by atomic mass is 16.4. The molecule has 0 heterocycles. The van der Waals surface area contributed by atoms with E-state index in [2.05, 4.69) is 5.32 Å². The third kappa shape index (κ3) is 2.37. The maximum absolute atomic E-state index is 10.4. The summed E-state index contributed by atoms with van der Waals surface area (Å²) in [6, 6.07) is 0. The van der Waals surface area contributed by atoms with Crippen LogP contribution in [0.1, 0.15) is 32.6 Å². The lowest BCUT2D eigenvalue weighted by molar-refractivity contribution is 0.0875. The molecule has 12 heavy (non-hydrogen) atoms. The van der Waals surface area contributed by atoms with Crippen LogP contribution in [0.4, 0.5) is 4.79 Å². The summed E-state index contributed by atoms with van der Waals surface area (Å²) in [7, 11) is 0. The van der Waals surface area contributed by atoms with Crippen molar-refractivity contribution in [3.8, 4) is 0 Å². The molecule has 4 nitrogen and oxygen atoms in total. The first kappa shape index (κ1) is 9.32. The van der Waals surface area contributed by atoms with Crippen LogP contribution in [-0.4, -0.2) is 27.9 Å². The second-order valence-electron chi connectivity index (χ2n) is 3.72. The average Bonchev–Trinajstić information content (AvgIpc) is 1.94. The predicted molar refractivity (Wildman–Crippen MR) is 44.0 cm³/mol. The molecule has 0 aliphatic heterocycles. The topological polar surface area (TPSA) is 69.6 Å². The van der Waals surface area contributed by atoms with Gasteiger partial charge in [-0.05, 0) is 32.6 Å². The Balaban J connectivity index is 2.44. The highest BCUT2D eigenvalue weighted by Gasteiger charge is 2.31. The lowest BCUT2D eigenvalue weighted by Gasteiger charge is -2.35. The van der Waals surface area contributed by atoms with Gasteiger partial charge in [0.15, 0.2) is 0 Å². The number of aliphatic hydroxyl groups is 1.